The molecule has 20 heavy (non-hydrogen) atoms. The molecular weight excluding hydrogens is 274 g/mol. The smallest absolute Gasteiger partial charge is 0.151 e. The Balaban J connectivity index is 1.82. The number of nitrogens with zero attached hydrogens (tertiary/aromatic N) is 3. The maximum Gasteiger partial charge on any atom is 0.151 e. The van der Waals surface area contributed by atoms with Crippen LogP contribution in [0.3, 0.4) is 0 Å². The molecule has 0 saturated heterocycles. The van der Waals surface area contributed by atoms with Gasteiger partial charge < -0.3 is 10.3 Å². The molecule has 0 aliphatic carbocycles. The lowest BCUT2D eigenvalue weighted by atomic mass is 10.2. The van der Waals surface area contributed by atoms with E-state index in [0.29, 0.717) is 17.7 Å². The van der Waals surface area contributed by atoms with Crippen LogP contribution in [-0.4, -0.2) is 25.8 Å². The van der Waals surface area contributed by atoms with E-state index in [4.69, 9.17) is 11.6 Å². The second kappa shape index (κ2) is 7.45. The first kappa shape index (κ1) is 15.1. The molecular formula is C14H22ClN5. The summed E-state index contributed by atoms with van der Waals surface area (Å²) in [4.78, 5) is 7.66. The third-order valence-electron chi connectivity index (χ3n) is 3.19. The molecule has 1 unspecified atom stereocenters. The van der Waals surface area contributed by atoms with Gasteiger partial charge in [0.05, 0.1) is 12.2 Å². The van der Waals surface area contributed by atoms with E-state index >= 15 is 0 Å². The van der Waals surface area contributed by atoms with Crippen molar-refractivity contribution in [1.82, 2.24) is 25.1 Å². The van der Waals surface area contributed by atoms with E-state index in [0.717, 1.165) is 37.3 Å². The lowest BCUT2D eigenvalue weighted by Gasteiger charge is -2.13. The number of hydrogen-bond acceptors (Lipinski definition) is 3. The van der Waals surface area contributed by atoms with Gasteiger partial charge in [0, 0.05) is 31.4 Å². The Labute approximate surface area is 124 Å². The molecule has 0 aliphatic rings. The Kier molecular flexibility index (Phi) is 5.61. The van der Waals surface area contributed by atoms with Gasteiger partial charge in [-0.2, -0.15) is 5.10 Å². The zero-order valence-corrected chi connectivity index (χ0v) is 12.8. The number of unbranched alkanes of at least 4 members (excludes halogenated alkanes) is 1. The van der Waals surface area contributed by atoms with E-state index < -0.39 is 0 Å². The minimum absolute atomic E-state index is 0.313. The van der Waals surface area contributed by atoms with E-state index in [2.05, 4.69) is 34.2 Å². The van der Waals surface area contributed by atoms with E-state index in [-0.39, 0.29) is 0 Å². The third-order valence-corrected chi connectivity index (χ3v) is 3.50. The van der Waals surface area contributed by atoms with Crippen LogP contribution in [0.1, 0.15) is 38.2 Å². The molecule has 2 N–H and O–H groups in total. The molecule has 2 heterocycles. The first-order valence-electron chi connectivity index (χ1n) is 7.13. The molecule has 2 aromatic rings. The van der Waals surface area contributed by atoms with Crippen molar-refractivity contribution in [3.05, 3.63) is 35.1 Å². The number of aromatic nitrogens is 4. The molecule has 0 aliphatic heterocycles. The normalized spacial score (nSPS) is 12.8. The van der Waals surface area contributed by atoms with Crippen LogP contribution in [0.4, 0.5) is 0 Å². The van der Waals surface area contributed by atoms with Gasteiger partial charge in [0.15, 0.2) is 5.15 Å². The van der Waals surface area contributed by atoms with Gasteiger partial charge >= 0.3 is 0 Å². The highest BCUT2D eigenvalue weighted by molar-refractivity contribution is 6.30. The monoisotopic (exact) mass is 295 g/mol. The summed E-state index contributed by atoms with van der Waals surface area (Å²) in [5.74, 6) is 0.980. The first-order chi connectivity index (χ1) is 9.69. The summed E-state index contributed by atoms with van der Waals surface area (Å²) in [6.45, 7) is 5.83. The molecule has 0 fully saturated rings. The van der Waals surface area contributed by atoms with Crippen LogP contribution in [0.15, 0.2) is 18.5 Å². The number of aromatic amines is 1. The van der Waals surface area contributed by atoms with Gasteiger partial charge in [-0.3, -0.25) is 4.68 Å². The van der Waals surface area contributed by atoms with Gasteiger partial charge in [0.25, 0.3) is 0 Å². The highest BCUT2D eigenvalue weighted by Crippen LogP contribution is 2.14. The average molecular weight is 296 g/mol. The average Bonchev–Trinajstić information content (AvgIpc) is 3.04. The fraction of sp³-hybridized carbons (Fsp3) is 0.571. The second-order valence-electron chi connectivity index (χ2n) is 5.07. The molecule has 0 spiro atoms. The van der Waals surface area contributed by atoms with E-state index in [1.54, 1.807) is 6.20 Å². The molecule has 0 amide bonds. The van der Waals surface area contributed by atoms with Gasteiger partial charge in [-0.1, -0.05) is 24.9 Å². The predicted molar refractivity (Wildman–Crippen MR) is 80.7 cm³/mol. The Hall–Kier alpha value is -1.33. The molecule has 6 heteroatoms. The molecule has 2 aromatic heterocycles. The molecule has 0 bridgehead atoms. The van der Waals surface area contributed by atoms with E-state index in [9.17, 15) is 0 Å². The van der Waals surface area contributed by atoms with Gasteiger partial charge in [-0.25, -0.2) is 4.98 Å². The number of H-pyrrole nitrogens is 1. The van der Waals surface area contributed by atoms with Crippen molar-refractivity contribution in [2.24, 2.45) is 0 Å². The zero-order chi connectivity index (χ0) is 14.4. The maximum absolute atomic E-state index is 6.15. The highest BCUT2D eigenvalue weighted by atomic mass is 35.5. The van der Waals surface area contributed by atoms with Crippen molar-refractivity contribution in [2.45, 2.75) is 52.2 Å². The predicted octanol–water partition coefficient (Wildman–Crippen LogP) is 2.78. The summed E-state index contributed by atoms with van der Waals surface area (Å²) in [6.07, 6.45) is 7.00. The Morgan fingerprint density at radius 2 is 2.35 bits per heavy atom. The summed E-state index contributed by atoms with van der Waals surface area (Å²) in [7, 11) is 0. The minimum atomic E-state index is 0.313. The SMILES string of the molecule is CCCCc1nc(Cl)c(CNC(C)Cn2cccn2)[nH]1. The fourth-order valence-corrected chi connectivity index (χ4v) is 2.27. The van der Waals surface area contributed by atoms with Crippen LogP contribution >= 0.6 is 11.6 Å². The maximum atomic E-state index is 6.15. The largest absolute Gasteiger partial charge is 0.344 e. The Morgan fingerprint density at radius 1 is 1.50 bits per heavy atom. The number of imidazole rings is 1. The second-order valence-corrected chi connectivity index (χ2v) is 5.42. The molecule has 5 nitrogen and oxygen atoms in total. The topological polar surface area (TPSA) is 58.5 Å². The van der Waals surface area contributed by atoms with Gasteiger partial charge in [0.2, 0.25) is 0 Å². The Bertz CT molecular complexity index is 506. The lowest BCUT2D eigenvalue weighted by Crippen LogP contribution is -2.30. The van der Waals surface area contributed by atoms with Gasteiger partial charge in [-0.15, -0.1) is 0 Å². The van der Waals surface area contributed by atoms with Crippen LogP contribution in [0.5, 0.6) is 0 Å². The quantitative estimate of drug-likeness (QED) is 0.787. The number of hydrogen-bond donors (Lipinski definition) is 2. The van der Waals surface area contributed by atoms with Gasteiger partial charge in [-0.05, 0) is 19.4 Å². The summed E-state index contributed by atoms with van der Waals surface area (Å²) in [6, 6.07) is 2.24. The van der Waals surface area contributed by atoms with Crippen molar-refractivity contribution < 1.29 is 0 Å². The highest BCUT2D eigenvalue weighted by Gasteiger charge is 2.09. The number of nitrogens with one attached hydrogen (secondary N) is 2. The van der Waals surface area contributed by atoms with Crippen molar-refractivity contribution in [3.8, 4) is 0 Å². The molecule has 0 saturated carbocycles. The number of aryl methyl sites for hydroxylation is 1. The van der Waals surface area contributed by atoms with E-state index in [1.165, 1.54) is 0 Å². The summed E-state index contributed by atoms with van der Waals surface area (Å²) >= 11 is 6.15. The first-order valence-corrected chi connectivity index (χ1v) is 7.51. The Morgan fingerprint density at radius 3 is 3.05 bits per heavy atom. The van der Waals surface area contributed by atoms with Crippen LogP contribution < -0.4 is 5.32 Å². The zero-order valence-electron chi connectivity index (χ0n) is 12.1. The summed E-state index contributed by atoms with van der Waals surface area (Å²) < 4.78 is 1.92. The fourth-order valence-electron chi connectivity index (χ4n) is 2.05. The van der Waals surface area contributed by atoms with Crippen molar-refractivity contribution in [3.63, 3.8) is 0 Å². The molecule has 110 valence electrons. The van der Waals surface area contributed by atoms with Crippen LogP contribution in [0, 0.1) is 0 Å². The molecule has 1 atom stereocenters. The van der Waals surface area contributed by atoms with E-state index in [1.807, 2.05) is 16.9 Å². The third kappa shape index (κ3) is 4.35. The van der Waals surface area contributed by atoms with Gasteiger partial charge in [0.1, 0.15) is 5.82 Å². The lowest BCUT2D eigenvalue weighted by molar-refractivity contribution is 0.448. The summed E-state index contributed by atoms with van der Waals surface area (Å²) in [5.41, 5.74) is 0.963. The minimum Gasteiger partial charge on any atom is -0.344 e. The van der Waals surface area contributed by atoms with Crippen LogP contribution in [0.25, 0.3) is 0 Å². The van der Waals surface area contributed by atoms with Crippen molar-refractivity contribution >= 4 is 11.6 Å². The standard InChI is InChI=1S/C14H22ClN5/c1-3-4-6-13-18-12(14(15)19-13)9-16-11(2)10-20-8-5-7-17-20/h5,7-8,11,16H,3-4,6,9-10H2,1-2H3,(H,18,19). The van der Waals surface area contributed by atoms with Crippen LogP contribution in [-0.2, 0) is 19.5 Å². The molecule has 0 aromatic carbocycles. The number of rotatable bonds is 8. The summed E-state index contributed by atoms with van der Waals surface area (Å²) in [5, 5.41) is 8.21. The number of halogens is 1. The molecule has 2 rings (SSSR count). The molecule has 0 radical (unpaired) electrons. The van der Waals surface area contributed by atoms with Crippen molar-refractivity contribution in [2.75, 3.05) is 0 Å². The van der Waals surface area contributed by atoms with Crippen molar-refractivity contribution in [1.29, 1.82) is 0 Å². The van der Waals surface area contributed by atoms with Crippen LogP contribution in [0.2, 0.25) is 5.15 Å².